The summed E-state index contributed by atoms with van der Waals surface area (Å²) in [6, 6.07) is 27.3. The van der Waals surface area contributed by atoms with Crippen molar-refractivity contribution < 1.29 is 0 Å². The highest BCUT2D eigenvalue weighted by Crippen LogP contribution is 2.21. The van der Waals surface area contributed by atoms with E-state index in [9.17, 15) is 9.59 Å². The maximum Gasteiger partial charge on any atom is 0.346 e. The van der Waals surface area contributed by atoms with Gasteiger partial charge in [0.1, 0.15) is 11.6 Å². The van der Waals surface area contributed by atoms with Crippen molar-refractivity contribution in [2.75, 3.05) is 11.5 Å². The lowest BCUT2D eigenvalue weighted by Crippen LogP contribution is -2.10. The zero-order valence-corrected chi connectivity index (χ0v) is 23.2. The lowest BCUT2D eigenvalue weighted by Gasteiger charge is -2.00. The molecule has 0 amide bonds. The molecule has 0 atom stereocenters. The highest BCUT2D eigenvalue weighted by atomic mass is 16.1. The predicted octanol–water partition coefficient (Wildman–Crippen LogP) is 4.27. The Labute approximate surface area is 249 Å². The molecule has 8 aromatic rings. The second-order valence-electron chi connectivity index (χ2n) is 9.09. The number of hydrogen-bond acceptors (Lipinski definition) is 10. The van der Waals surface area contributed by atoms with Gasteiger partial charge < -0.3 is 11.5 Å². The second-order valence-corrected chi connectivity index (χ2v) is 9.09. The van der Waals surface area contributed by atoms with Gasteiger partial charge in [0, 0.05) is 58.7 Å². The fourth-order valence-corrected chi connectivity index (χ4v) is 4.12. The molecule has 12 heteroatoms. The number of anilines is 2. The van der Waals surface area contributed by atoms with Crippen molar-refractivity contribution in [2.24, 2.45) is 0 Å². The molecule has 0 fully saturated rings. The highest BCUT2D eigenvalue weighted by Gasteiger charge is 2.01. The van der Waals surface area contributed by atoms with Crippen LogP contribution < -0.4 is 22.8 Å². The maximum absolute atomic E-state index is 10.2. The molecule has 2 aromatic carbocycles. The topological polar surface area (TPSA) is 195 Å². The Balaban J connectivity index is 0.000000121. The third-order valence-electron chi connectivity index (χ3n) is 6.08. The molecule has 0 aliphatic heterocycles. The van der Waals surface area contributed by atoms with Crippen LogP contribution in [-0.4, -0.2) is 39.9 Å². The quantitative estimate of drug-likeness (QED) is 0.187. The van der Waals surface area contributed by atoms with Gasteiger partial charge in [0.2, 0.25) is 0 Å². The molecular weight excluding hydrogens is 556 g/mol. The number of H-pyrrole nitrogens is 2. The number of aromatic amines is 2. The Morgan fingerprint density at radius 2 is 0.682 bits per heavy atom. The van der Waals surface area contributed by atoms with E-state index in [1.807, 2.05) is 24.3 Å². The molecule has 6 aromatic heterocycles. The number of rotatable bonds is 0. The van der Waals surface area contributed by atoms with Gasteiger partial charge in [0.25, 0.3) is 0 Å². The summed E-state index contributed by atoms with van der Waals surface area (Å²) in [6.07, 6.45) is 9.92. The zero-order valence-electron chi connectivity index (χ0n) is 23.2. The van der Waals surface area contributed by atoms with Crippen molar-refractivity contribution in [3.8, 4) is 0 Å². The van der Waals surface area contributed by atoms with E-state index in [0.717, 1.165) is 43.6 Å². The summed E-state index contributed by atoms with van der Waals surface area (Å²) >= 11 is 0. The Morgan fingerprint density at radius 1 is 0.386 bits per heavy atom. The number of nitrogens with zero attached hydrogens (tertiary/aromatic N) is 6. The molecule has 8 rings (SSSR count). The first-order valence-electron chi connectivity index (χ1n) is 13.3. The summed E-state index contributed by atoms with van der Waals surface area (Å²) in [5, 5.41) is 4.55. The fourth-order valence-electron chi connectivity index (χ4n) is 4.12. The van der Waals surface area contributed by atoms with Gasteiger partial charge in [-0.25, -0.2) is 19.6 Å². The van der Waals surface area contributed by atoms with Crippen LogP contribution in [0.3, 0.4) is 0 Å². The summed E-state index contributed by atoms with van der Waals surface area (Å²) in [6.45, 7) is 0. The molecule has 6 heterocycles. The molecule has 0 saturated carbocycles. The van der Waals surface area contributed by atoms with Gasteiger partial charge in [-0.3, -0.25) is 29.9 Å². The zero-order chi connectivity index (χ0) is 30.7. The van der Waals surface area contributed by atoms with Crippen LogP contribution in [0.25, 0.3) is 43.6 Å². The molecular formula is C32H26N10O2. The van der Waals surface area contributed by atoms with Gasteiger partial charge in [0.05, 0.1) is 22.1 Å². The minimum atomic E-state index is -0.412. The van der Waals surface area contributed by atoms with E-state index in [2.05, 4.69) is 88.4 Å². The van der Waals surface area contributed by atoms with E-state index in [4.69, 9.17) is 11.5 Å². The first kappa shape index (κ1) is 29.0. The Bertz CT molecular complexity index is 2010. The average Bonchev–Trinajstić information content (AvgIpc) is 3.05. The van der Waals surface area contributed by atoms with E-state index < -0.39 is 11.4 Å². The Hall–Kier alpha value is -6.56. The average molecular weight is 583 g/mol. The molecule has 44 heavy (non-hydrogen) atoms. The normalized spacial score (nSPS) is 10.2. The standard InChI is InChI=1S/2C12H8N2.2C4H5N3O/c2*1-3-9-5-6-10-4-2-8-14-12(10)11(9)13-7-1;2*5-3-1-2-6-4(8)7-3/h2*1-8H;2*1-2H,(H3,5,6,7,8). The van der Waals surface area contributed by atoms with Crippen LogP contribution in [0.1, 0.15) is 0 Å². The van der Waals surface area contributed by atoms with Crippen LogP contribution in [0.4, 0.5) is 11.6 Å². The van der Waals surface area contributed by atoms with E-state index in [1.54, 1.807) is 24.8 Å². The molecule has 0 aliphatic carbocycles. The summed E-state index contributed by atoms with van der Waals surface area (Å²) in [5.41, 5.74) is 13.4. The number of aromatic nitrogens is 8. The first-order valence-corrected chi connectivity index (χ1v) is 13.3. The lowest BCUT2D eigenvalue weighted by atomic mass is 10.1. The summed E-state index contributed by atoms with van der Waals surface area (Å²) in [7, 11) is 0. The minimum absolute atomic E-state index is 0.338. The first-order chi connectivity index (χ1) is 21.5. The van der Waals surface area contributed by atoms with Crippen LogP contribution in [0.2, 0.25) is 0 Å². The number of nitrogens with one attached hydrogen (secondary N) is 2. The SMILES string of the molecule is Nc1ccnc(=O)[nH]1.Nc1ccnc(=O)[nH]1.c1cnc2c(c1)ccc1cccnc12.c1cnc2c(c1)ccc1cccnc12. The molecule has 216 valence electrons. The van der Waals surface area contributed by atoms with Crippen molar-refractivity contribution in [1.29, 1.82) is 0 Å². The third kappa shape index (κ3) is 7.39. The molecule has 0 bridgehead atoms. The molecule has 0 saturated heterocycles. The molecule has 6 N–H and O–H groups in total. The van der Waals surface area contributed by atoms with Crippen LogP contribution in [0, 0.1) is 0 Å². The number of nitrogen functional groups attached to an aromatic ring is 2. The number of hydrogen-bond donors (Lipinski definition) is 4. The number of fused-ring (bicyclic) bond motifs is 6. The van der Waals surface area contributed by atoms with Gasteiger partial charge in [-0.15, -0.1) is 0 Å². The summed E-state index contributed by atoms with van der Waals surface area (Å²) in [4.78, 5) is 49.1. The van der Waals surface area contributed by atoms with Crippen LogP contribution >= 0.6 is 0 Å². The largest absolute Gasteiger partial charge is 0.385 e. The van der Waals surface area contributed by atoms with Gasteiger partial charge in [-0.05, 0) is 36.4 Å². The molecule has 0 unspecified atom stereocenters. The lowest BCUT2D eigenvalue weighted by molar-refractivity contribution is 1.08. The maximum atomic E-state index is 10.2. The Kier molecular flexibility index (Phi) is 9.13. The summed E-state index contributed by atoms with van der Waals surface area (Å²) < 4.78 is 0. The highest BCUT2D eigenvalue weighted by molar-refractivity contribution is 6.03. The second kappa shape index (κ2) is 13.9. The van der Waals surface area contributed by atoms with Crippen molar-refractivity contribution in [1.82, 2.24) is 39.9 Å². The van der Waals surface area contributed by atoms with E-state index >= 15 is 0 Å². The van der Waals surface area contributed by atoms with Crippen molar-refractivity contribution in [3.05, 3.63) is 143 Å². The number of nitrogens with two attached hydrogens (primary N) is 2. The number of pyridine rings is 4. The van der Waals surface area contributed by atoms with E-state index in [0.29, 0.717) is 11.6 Å². The molecule has 0 aliphatic rings. The van der Waals surface area contributed by atoms with Gasteiger partial charge in [0.15, 0.2) is 0 Å². The predicted molar refractivity (Wildman–Crippen MR) is 173 cm³/mol. The molecule has 12 nitrogen and oxygen atoms in total. The van der Waals surface area contributed by atoms with Crippen molar-refractivity contribution >= 4 is 55.2 Å². The third-order valence-corrected chi connectivity index (χ3v) is 6.08. The monoisotopic (exact) mass is 582 g/mol. The molecule has 0 spiro atoms. The summed E-state index contributed by atoms with van der Waals surface area (Å²) in [5.74, 6) is 0.676. The van der Waals surface area contributed by atoms with Gasteiger partial charge in [-0.1, -0.05) is 48.5 Å². The van der Waals surface area contributed by atoms with Crippen LogP contribution in [0.5, 0.6) is 0 Å². The van der Waals surface area contributed by atoms with Gasteiger partial charge in [-0.2, -0.15) is 0 Å². The smallest absolute Gasteiger partial charge is 0.346 e. The number of benzene rings is 2. The van der Waals surface area contributed by atoms with Gasteiger partial charge >= 0.3 is 11.4 Å². The van der Waals surface area contributed by atoms with Crippen LogP contribution in [-0.2, 0) is 0 Å². The van der Waals surface area contributed by atoms with Crippen molar-refractivity contribution in [2.45, 2.75) is 0 Å². The van der Waals surface area contributed by atoms with Crippen molar-refractivity contribution in [3.63, 3.8) is 0 Å². The van der Waals surface area contributed by atoms with E-state index in [1.165, 1.54) is 24.5 Å². The molecule has 0 radical (unpaired) electrons. The van der Waals surface area contributed by atoms with E-state index in [-0.39, 0.29) is 0 Å². The fraction of sp³-hybridized carbons (Fsp3) is 0. The Morgan fingerprint density at radius 3 is 0.909 bits per heavy atom. The van der Waals surface area contributed by atoms with Crippen LogP contribution in [0.15, 0.2) is 132 Å². The minimum Gasteiger partial charge on any atom is -0.385 e.